The van der Waals surface area contributed by atoms with Gasteiger partial charge < -0.3 is 9.84 Å². The fraction of sp³-hybridized carbons (Fsp3) is 0. The second-order valence-electron chi connectivity index (χ2n) is 3.63. The predicted molar refractivity (Wildman–Crippen MR) is 62.1 cm³/mol. The van der Waals surface area contributed by atoms with Crippen molar-refractivity contribution < 1.29 is 14.6 Å². The molecule has 1 N–H and O–H groups in total. The van der Waals surface area contributed by atoms with Crippen molar-refractivity contribution in [2.24, 2.45) is 0 Å². The quantitative estimate of drug-likeness (QED) is 0.746. The van der Waals surface area contributed by atoms with Gasteiger partial charge in [-0.25, -0.2) is 4.79 Å². The first-order valence-electron chi connectivity index (χ1n) is 5.27. The first-order valence-corrected chi connectivity index (χ1v) is 5.27. The topological polar surface area (TPSA) is 102 Å². The molecule has 0 fully saturated rings. The lowest BCUT2D eigenvalue weighted by Gasteiger charge is -2.06. The van der Waals surface area contributed by atoms with Gasteiger partial charge in [0.2, 0.25) is 11.5 Å². The average Bonchev–Trinajstić information content (AvgIpc) is 2.88. The molecule has 2 aromatic heterocycles. The number of carboxylic acids is 1. The minimum Gasteiger partial charge on any atom is -0.478 e. The third-order valence-electron chi connectivity index (χ3n) is 2.38. The molecule has 8 heteroatoms. The Balaban J connectivity index is 1.99. The number of fused-ring (bicyclic) bond motifs is 1. The van der Waals surface area contributed by atoms with E-state index in [-0.39, 0.29) is 5.56 Å². The number of ether oxygens (including phenoxy) is 1. The number of carbonyl (C=O) groups is 1. The zero-order valence-electron chi connectivity index (χ0n) is 9.46. The summed E-state index contributed by atoms with van der Waals surface area (Å²) in [4.78, 5) is 14.8. The summed E-state index contributed by atoms with van der Waals surface area (Å²) in [6.45, 7) is 0. The summed E-state index contributed by atoms with van der Waals surface area (Å²) in [7, 11) is 0. The van der Waals surface area contributed by atoms with Gasteiger partial charge in [0.15, 0.2) is 0 Å². The number of hydrogen-bond acceptors (Lipinski definition) is 6. The molecule has 0 aliphatic carbocycles. The highest BCUT2D eigenvalue weighted by molar-refractivity contribution is 5.88. The Morgan fingerprint density at radius 3 is 3.05 bits per heavy atom. The van der Waals surface area contributed by atoms with Crippen LogP contribution in [0.1, 0.15) is 10.4 Å². The molecule has 0 radical (unpaired) electrons. The van der Waals surface area contributed by atoms with Crippen molar-refractivity contribution in [3.8, 4) is 11.6 Å². The van der Waals surface area contributed by atoms with E-state index in [1.807, 2.05) is 0 Å². The van der Waals surface area contributed by atoms with Gasteiger partial charge in [0, 0.05) is 0 Å². The third kappa shape index (κ3) is 2.06. The van der Waals surface area contributed by atoms with Crippen molar-refractivity contribution in [3.63, 3.8) is 0 Å². The molecule has 0 atom stereocenters. The lowest BCUT2D eigenvalue weighted by molar-refractivity contribution is 0.0696. The molecule has 19 heavy (non-hydrogen) atoms. The van der Waals surface area contributed by atoms with Gasteiger partial charge in [-0.2, -0.15) is 4.52 Å². The Kier molecular flexibility index (Phi) is 2.53. The number of aromatic nitrogens is 5. The number of nitrogens with zero attached hydrogens (tertiary/aromatic N) is 5. The highest BCUT2D eigenvalue weighted by Gasteiger charge is 2.08. The minimum atomic E-state index is -1.02. The van der Waals surface area contributed by atoms with Gasteiger partial charge in [-0.1, -0.05) is 6.07 Å². The molecule has 0 saturated carbocycles. The maximum Gasteiger partial charge on any atom is 0.335 e. The van der Waals surface area contributed by atoms with Crippen LogP contribution in [-0.4, -0.2) is 36.1 Å². The van der Waals surface area contributed by atoms with E-state index in [1.165, 1.54) is 29.0 Å². The summed E-state index contributed by atoms with van der Waals surface area (Å²) < 4.78 is 6.90. The maximum absolute atomic E-state index is 10.9. The first-order chi connectivity index (χ1) is 9.24. The second-order valence-corrected chi connectivity index (χ2v) is 3.63. The first kappa shape index (κ1) is 11.1. The summed E-state index contributed by atoms with van der Waals surface area (Å²) >= 11 is 0. The van der Waals surface area contributed by atoms with Crippen LogP contribution < -0.4 is 4.74 Å². The normalized spacial score (nSPS) is 10.5. The Morgan fingerprint density at radius 1 is 1.32 bits per heavy atom. The maximum atomic E-state index is 10.9. The lowest BCUT2D eigenvalue weighted by Crippen LogP contribution is -1.99. The van der Waals surface area contributed by atoms with E-state index in [1.54, 1.807) is 12.1 Å². The van der Waals surface area contributed by atoms with Gasteiger partial charge >= 0.3 is 5.97 Å². The number of aromatic carboxylic acids is 1. The van der Waals surface area contributed by atoms with Gasteiger partial charge in [-0.05, 0) is 28.6 Å². The van der Waals surface area contributed by atoms with E-state index in [9.17, 15) is 4.79 Å². The summed E-state index contributed by atoms with van der Waals surface area (Å²) in [5.74, 6) is -0.362. The molecule has 0 spiro atoms. The molecule has 1 aromatic carbocycles. The van der Waals surface area contributed by atoms with Crippen molar-refractivity contribution in [1.29, 1.82) is 0 Å². The number of hydrogen-bond donors (Lipinski definition) is 1. The zero-order chi connectivity index (χ0) is 13.2. The molecule has 0 amide bonds. The van der Waals surface area contributed by atoms with Crippen LogP contribution in [-0.2, 0) is 0 Å². The molecule has 0 unspecified atom stereocenters. The molecule has 0 bridgehead atoms. The standard InChI is InChI=1S/C11H7N5O3/c17-11(18)7-2-1-3-8(4-7)19-10-6-12-5-9-13-14-15-16(9)10/h1-6H,(H,17,18). The number of tetrazole rings is 1. The Bertz CT molecular complexity index is 755. The van der Waals surface area contributed by atoms with Gasteiger partial charge in [-0.15, -0.1) is 5.10 Å². The van der Waals surface area contributed by atoms with Crippen LogP contribution >= 0.6 is 0 Å². The molecular formula is C11H7N5O3. The summed E-state index contributed by atoms with van der Waals surface area (Å²) in [5.41, 5.74) is 0.571. The fourth-order valence-corrected chi connectivity index (χ4v) is 1.54. The number of rotatable bonds is 3. The van der Waals surface area contributed by atoms with Gasteiger partial charge in [-0.3, -0.25) is 4.98 Å². The minimum absolute atomic E-state index is 0.134. The summed E-state index contributed by atoms with van der Waals surface area (Å²) in [6, 6.07) is 6.11. The van der Waals surface area contributed by atoms with E-state index in [4.69, 9.17) is 9.84 Å². The van der Waals surface area contributed by atoms with Crippen LogP contribution in [0.15, 0.2) is 36.7 Å². The van der Waals surface area contributed by atoms with Gasteiger partial charge in [0.05, 0.1) is 18.0 Å². The van der Waals surface area contributed by atoms with Crippen LogP contribution in [0.4, 0.5) is 0 Å². The SMILES string of the molecule is O=C(O)c1cccc(Oc2cncc3nnnn23)c1. The Labute approximate surface area is 106 Å². The van der Waals surface area contributed by atoms with Crippen LogP contribution in [0.5, 0.6) is 11.6 Å². The molecule has 0 saturated heterocycles. The largest absolute Gasteiger partial charge is 0.478 e. The molecule has 3 aromatic rings. The Morgan fingerprint density at radius 2 is 2.21 bits per heavy atom. The van der Waals surface area contributed by atoms with Crippen molar-refractivity contribution in [3.05, 3.63) is 42.2 Å². The fourth-order valence-electron chi connectivity index (χ4n) is 1.54. The van der Waals surface area contributed by atoms with Crippen molar-refractivity contribution in [2.45, 2.75) is 0 Å². The van der Waals surface area contributed by atoms with Crippen LogP contribution in [0.25, 0.3) is 5.65 Å². The van der Waals surface area contributed by atoms with E-state index in [0.717, 1.165) is 0 Å². The highest BCUT2D eigenvalue weighted by Crippen LogP contribution is 2.21. The molecule has 0 aliphatic heterocycles. The van der Waals surface area contributed by atoms with Crippen LogP contribution in [0.3, 0.4) is 0 Å². The van der Waals surface area contributed by atoms with E-state index >= 15 is 0 Å². The molecule has 2 heterocycles. The van der Waals surface area contributed by atoms with Crippen LogP contribution in [0.2, 0.25) is 0 Å². The summed E-state index contributed by atoms with van der Waals surface area (Å²) in [6.07, 6.45) is 2.93. The molecule has 8 nitrogen and oxygen atoms in total. The van der Waals surface area contributed by atoms with E-state index in [2.05, 4.69) is 20.5 Å². The Hall–Kier alpha value is -3.03. The molecule has 0 aliphatic rings. The smallest absolute Gasteiger partial charge is 0.335 e. The zero-order valence-corrected chi connectivity index (χ0v) is 9.46. The van der Waals surface area contributed by atoms with Crippen molar-refractivity contribution in [2.75, 3.05) is 0 Å². The molecule has 3 rings (SSSR count). The summed E-state index contributed by atoms with van der Waals surface area (Å²) in [5, 5.41) is 19.9. The highest BCUT2D eigenvalue weighted by atomic mass is 16.5. The van der Waals surface area contributed by atoms with E-state index in [0.29, 0.717) is 17.3 Å². The van der Waals surface area contributed by atoms with Crippen molar-refractivity contribution in [1.82, 2.24) is 25.0 Å². The molecular weight excluding hydrogens is 250 g/mol. The van der Waals surface area contributed by atoms with Crippen LogP contribution in [0, 0.1) is 0 Å². The lowest BCUT2D eigenvalue weighted by atomic mass is 10.2. The number of benzene rings is 1. The van der Waals surface area contributed by atoms with E-state index < -0.39 is 5.97 Å². The van der Waals surface area contributed by atoms with Crippen molar-refractivity contribution >= 4 is 11.6 Å². The predicted octanol–water partition coefficient (Wildman–Crippen LogP) is 1.01. The monoisotopic (exact) mass is 257 g/mol. The average molecular weight is 257 g/mol. The molecule has 94 valence electrons. The van der Waals surface area contributed by atoms with Gasteiger partial charge in [0.1, 0.15) is 5.75 Å². The third-order valence-corrected chi connectivity index (χ3v) is 2.38. The second kappa shape index (κ2) is 4.33. The number of carboxylic acid groups (broad SMARTS) is 1. The van der Waals surface area contributed by atoms with Gasteiger partial charge in [0.25, 0.3) is 0 Å².